The lowest BCUT2D eigenvalue weighted by molar-refractivity contribution is 0.0286. The maximum Gasteiger partial charge on any atom is 0.175 e. The molecule has 0 aromatic rings. The predicted octanol–water partition coefficient (Wildman–Crippen LogP) is 1.50. The van der Waals surface area contributed by atoms with E-state index in [2.05, 4.69) is 15.1 Å². The number of hydrogen-bond acceptors (Lipinski definition) is 4. The fourth-order valence-corrected chi connectivity index (χ4v) is 4.05. The van der Waals surface area contributed by atoms with Crippen molar-refractivity contribution >= 4 is 34.5 Å². The Morgan fingerprint density at radius 2 is 1.79 bits per heavy atom. The summed E-state index contributed by atoms with van der Waals surface area (Å²) in [5, 5.41) is 4.33. The van der Waals surface area contributed by atoms with Gasteiger partial charge in [-0.1, -0.05) is 31.5 Å². The van der Waals surface area contributed by atoms with Crippen LogP contribution in [-0.2, 0) is 4.74 Å². The van der Waals surface area contributed by atoms with Crippen molar-refractivity contribution in [3.05, 3.63) is 0 Å². The number of hydrogen-bond donors (Lipinski definition) is 1. The van der Waals surface area contributed by atoms with Crippen LogP contribution in [0.1, 0.15) is 32.1 Å². The first-order valence-corrected chi connectivity index (χ1v) is 7.97. The fourth-order valence-electron chi connectivity index (χ4n) is 3.24. The minimum absolute atomic E-state index is 0.0169. The lowest BCUT2D eigenvalue weighted by Gasteiger charge is -2.34. The predicted molar refractivity (Wildman–Crippen MR) is 83.2 cm³/mol. The standard InChI is InChI=1S/C13H21N3OS2/c18-11-13(4-2-1-3-5-13)14-12(19)16(11)10-15-6-8-17-9-7-15/h1-10H2,(H,14,19). The van der Waals surface area contributed by atoms with Crippen LogP contribution in [0.15, 0.2) is 0 Å². The SMILES string of the molecule is S=C1NC2(CCCCC2)C(=S)N1CN1CCOCC1. The van der Waals surface area contributed by atoms with Crippen LogP contribution in [0.25, 0.3) is 0 Å². The van der Waals surface area contributed by atoms with Crippen molar-refractivity contribution in [2.24, 2.45) is 0 Å². The fraction of sp³-hybridized carbons (Fsp3) is 0.846. The van der Waals surface area contributed by atoms with Crippen molar-refractivity contribution in [1.29, 1.82) is 0 Å². The smallest absolute Gasteiger partial charge is 0.175 e. The molecule has 1 spiro atoms. The van der Waals surface area contributed by atoms with E-state index in [0.29, 0.717) is 0 Å². The Kier molecular flexibility index (Phi) is 4.03. The number of thiocarbonyl (C=S) groups is 2. The van der Waals surface area contributed by atoms with E-state index in [1.807, 2.05) is 0 Å². The van der Waals surface area contributed by atoms with E-state index in [9.17, 15) is 0 Å². The molecule has 2 heterocycles. The van der Waals surface area contributed by atoms with Gasteiger partial charge < -0.3 is 10.1 Å². The molecule has 2 aliphatic heterocycles. The summed E-state index contributed by atoms with van der Waals surface area (Å²) in [5.74, 6) is 0. The van der Waals surface area contributed by atoms with Gasteiger partial charge >= 0.3 is 0 Å². The van der Waals surface area contributed by atoms with E-state index in [4.69, 9.17) is 29.2 Å². The average molecular weight is 299 g/mol. The topological polar surface area (TPSA) is 27.7 Å². The summed E-state index contributed by atoms with van der Waals surface area (Å²) in [6, 6.07) is 0. The zero-order valence-electron chi connectivity index (χ0n) is 11.2. The summed E-state index contributed by atoms with van der Waals surface area (Å²) < 4.78 is 5.39. The number of morpholine rings is 1. The summed E-state index contributed by atoms with van der Waals surface area (Å²) in [5.41, 5.74) is -0.0169. The lowest BCUT2D eigenvalue weighted by atomic mass is 9.82. The molecule has 1 saturated carbocycles. The first kappa shape index (κ1) is 13.7. The minimum Gasteiger partial charge on any atom is -0.379 e. The first-order chi connectivity index (χ1) is 9.21. The molecule has 106 valence electrons. The van der Waals surface area contributed by atoms with Gasteiger partial charge in [-0.2, -0.15) is 0 Å². The Bertz CT molecular complexity index is 376. The first-order valence-electron chi connectivity index (χ1n) is 7.15. The summed E-state index contributed by atoms with van der Waals surface area (Å²) in [4.78, 5) is 5.51. The van der Waals surface area contributed by atoms with E-state index in [-0.39, 0.29) is 5.54 Å². The molecule has 1 aliphatic carbocycles. The van der Waals surface area contributed by atoms with Gasteiger partial charge in [-0.05, 0) is 25.1 Å². The Hall–Kier alpha value is -0.300. The molecule has 6 heteroatoms. The number of rotatable bonds is 2. The third-order valence-electron chi connectivity index (χ3n) is 4.40. The van der Waals surface area contributed by atoms with Crippen molar-refractivity contribution in [2.45, 2.75) is 37.6 Å². The maximum atomic E-state index is 5.74. The van der Waals surface area contributed by atoms with Crippen molar-refractivity contribution < 1.29 is 4.74 Å². The molecule has 4 nitrogen and oxygen atoms in total. The molecule has 0 aromatic heterocycles. The number of ether oxygens (including phenoxy) is 1. The molecule has 0 atom stereocenters. The molecular weight excluding hydrogens is 278 g/mol. The third kappa shape index (κ3) is 2.63. The molecule has 1 N–H and O–H groups in total. The van der Waals surface area contributed by atoms with Crippen LogP contribution in [0.2, 0.25) is 0 Å². The zero-order chi connectivity index (χ0) is 13.3. The highest BCUT2D eigenvalue weighted by molar-refractivity contribution is 7.82. The van der Waals surface area contributed by atoms with Crippen molar-refractivity contribution in [1.82, 2.24) is 15.1 Å². The second-order valence-electron chi connectivity index (χ2n) is 5.68. The van der Waals surface area contributed by atoms with Crippen LogP contribution in [0.5, 0.6) is 0 Å². The van der Waals surface area contributed by atoms with Gasteiger partial charge in [-0.3, -0.25) is 9.80 Å². The van der Waals surface area contributed by atoms with Crippen LogP contribution < -0.4 is 5.32 Å². The number of nitrogens with one attached hydrogen (secondary N) is 1. The quantitative estimate of drug-likeness (QED) is 0.777. The average Bonchev–Trinajstić information content (AvgIpc) is 2.66. The van der Waals surface area contributed by atoms with E-state index < -0.39 is 0 Å². The second kappa shape index (κ2) is 5.60. The van der Waals surface area contributed by atoms with Gasteiger partial charge in [0.05, 0.1) is 25.4 Å². The normalized spacial score (nSPS) is 27.9. The van der Waals surface area contributed by atoms with E-state index in [1.54, 1.807) is 0 Å². The third-order valence-corrected chi connectivity index (χ3v) is 5.33. The van der Waals surface area contributed by atoms with Crippen LogP contribution in [-0.4, -0.2) is 58.4 Å². The molecule has 0 amide bonds. The summed E-state index contributed by atoms with van der Waals surface area (Å²) >= 11 is 11.2. The summed E-state index contributed by atoms with van der Waals surface area (Å²) in [7, 11) is 0. The summed E-state index contributed by atoms with van der Waals surface area (Å²) in [6.45, 7) is 4.37. The Labute approximate surface area is 125 Å². The molecule has 3 rings (SSSR count). The van der Waals surface area contributed by atoms with Gasteiger partial charge in [0, 0.05) is 13.1 Å². The van der Waals surface area contributed by atoms with Gasteiger partial charge in [0.15, 0.2) is 5.11 Å². The van der Waals surface area contributed by atoms with E-state index >= 15 is 0 Å². The maximum absolute atomic E-state index is 5.74. The minimum atomic E-state index is -0.0169. The van der Waals surface area contributed by atoms with Gasteiger partial charge in [0.25, 0.3) is 0 Å². The zero-order valence-corrected chi connectivity index (χ0v) is 12.8. The van der Waals surface area contributed by atoms with Gasteiger partial charge in [-0.15, -0.1) is 0 Å². The van der Waals surface area contributed by atoms with Gasteiger partial charge in [0.1, 0.15) is 4.99 Å². The molecule has 0 unspecified atom stereocenters. The van der Waals surface area contributed by atoms with E-state index in [1.165, 1.54) is 19.3 Å². The molecule has 3 aliphatic rings. The highest BCUT2D eigenvalue weighted by atomic mass is 32.1. The van der Waals surface area contributed by atoms with Gasteiger partial charge in [-0.25, -0.2) is 0 Å². The van der Waals surface area contributed by atoms with Crippen LogP contribution in [0, 0.1) is 0 Å². The molecule has 0 aromatic carbocycles. The highest BCUT2D eigenvalue weighted by Crippen LogP contribution is 2.34. The molecule has 3 fully saturated rings. The monoisotopic (exact) mass is 299 g/mol. The van der Waals surface area contributed by atoms with Crippen molar-refractivity contribution in [3.63, 3.8) is 0 Å². The Morgan fingerprint density at radius 1 is 1.11 bits per heavy atom. The largest absolute Gasteiger partial charge is 0.379 e. The molecule has 0 bridgehead atoms. The van der Waals surface area contributed by atoms with Crippen molar-refractivity contribution in [3.8, 4) is 0 Å². The molecule has 2 saturated heterocycles. The number of nitrogens with zero attached hydrogens (tertiary/aromatic N) is 2. The van der Waals surface area contributed by atoms with Crippen LogP contribution in [0.4, 0.5) is 0 Å². The van der Waals surface area contributed by atoms with Crippen molar-refractivity contribution in [2.75, 3.05) is 33.0 Å². The Morgan fingerprint density at radius 3 is 2.47 bits per heavy atom. The van der Waals surface area contributed by atoms with Crippen LogP contribution >= 0.6 is 24.4 Å². The highest BCUT2D eigenvalue weighted by Gasteiger charge is 2.46. The Balaban J connectivity index is 1.68. The summed E-state index contributed by atoms with van der Waals surface area (Å²) in [6.07, 6.45) is 6.09. The second-order valence-corrected chi connectivity index (χ2v) is 6.45. The molecule has 0 radical (unpaired) electrons. The molecule has 19 heavy (non-hydrogen) atoms. The lowest BCUT2D eigenvalue weighted by Crippen LogP contribution is -2.49. The van der Waals surface area contributed by atoms with Crippen LogP contribution in [0.3, 0.4) is 0 Å². The molecular formula is C13H21N3OS2. The van der Waals surface area contributed by atoms with E-state index in [0.717, 1.165) is 55.9 Å². The van der Waals surface area contributed by atoms with Gasteiger partial charge in [0.2, 0.25) is 0 Å².